The minimum Gasteiger partial charge on any atom is -0.497 e. The van der Waals surface area contributed by atoms with Crippen molar-refractivity contribution in [2.24, 2.45) is 5.73 Å². The molecule has 2 N–H and O–H groups in total. The predicted molar refractivity (Wildman–Crippen MR) is 86.3 cm³/mol. The molecule has 2 heterocycles. The number of likely N-dealkylation sites (tertiary alicyclic amines) is 1. The number of fused-ring (bicyclic) bond motifs is 1. The minimum absolute atomic E-state index is 0.274. The van der Waals surface area contributed by atoms with Crippen LogP contribution in [-0.4, -0.2) is 30.5 Å². The smallest absolute Gasteiger partial charge is 0.336 e. The lowest BCUT2D eigenvalue weighted by Gasteiger charge is -2.33. The van der Waals surface area contributed by atoms with Gasteiger partial charge in [-0.3, -0.25) is 9.69 Å². The second-order valence-corrected chi connectivity index (χ2v) is 5.84. The second kappa shape index (κ2) is 6.42. The summed E-state index contributed by atoms with van der Waals surface area (Å²) in [6, 6.07) is 6.61. The van der Waals surface area contributed by atoms with Crippen LogP contribution in [0.15, 0.2) is 33.5 Å². The third-order valence-corrected chi connectivity index (χ3v) is 4.35. The van der Waals surface area contributed by atoms with Gasteiger partial charge in [0.2, 0.25) is 5.91 Å². The first-order valence-corrected chi connectivity index (χ1v) is 7.72. The third kappa shape index (κ3) is 3.22. The van der Waals surface area contributed by atoms with Gasteiger partial charge in [0.25, 0.3) is 0 Å². The van der Waals surface area contributed by atoms with E-state index in [1.165, 1.54) is 6.07 Å². The summed E-state index contributed by atoms with van der Waals surface area (Å²) in [5, 5.41) is 0.846. The van der Waals surface area contributed by atoms with E-state index in [0.29, 0.717) is 17.9 Å². The van der Waals surface area contributed by atoms with Crippen molar-refractivity contribution in [3.8, 4) is 5.75 Å². The Morgan fingerprint density at radius 1 is 1.39 bits per heavy atom. The van der Waals surface area contributed by atoms with Crippen LogP contribution in [0.1, 0.15) is 24.8 Å². The molecule has 1 aromatic heterocycles. The van der Waals surface area contributed by atoms with Gasteiger partial charge in [-0.25, -0.2) is 4.79 Å². The van der Waals surface area contributed by atoms with E-state index in [4.69, 9.17) is 14.9 Å². The molecule has 1 aromatic carbocycles. The molecule has 1 amide bonds. The Kier molecular flexibility index (Phi) is 4.34. The highest BCUT2D eigenvalue weighted by molar-refractivity contribution is 5.82. The van der Waals surface area contributed by atoms with Crippen molar-refractivity contribution in [2.45, 2.75) is 31.8 Å². The summed E-state index contributed by atoms with van der Waals surface area (Å²) >= 11 is 0. The van der Waals surface area contributed by atoms with Crippen LogP contribution in [0, 0.1) is 0 Å². The number of hydrogen-bond donors (Lipinski definition) is 1. The molecule has 122 valence electrons. The first-order chi connectivity index (χ1) is 11.1. The average Bonchev–Trinajstić information content (AvgIpc) is 2.54. The Hall–Kier alpha value is -2.34. The number of benzene rings is 1. The highest BCUT2D eigenvalue weighted by atomic mass is 16.5. The fourth-order valence-corrected chi connectivity index (χ4v) is 3.19. The van der Waals surface area contributed by atoms with Crippen molar-refractivity contribution in [1.82, 2.24) is 4.90 Å². The molecule has 1 aliphatic rings. The van der Waals surface area contributed by atoms with Crippen molar-refractivity contribution < 1.29 is 13.9 Å². The van der Waals surface area contributed by atoms with Crippen molar-refractivity contribution >= 4 is 16.9 Å². The summed E-state index contributed by atoms with van der Waals surface area (Å²) in [4.78, 5) is 25.5. The van der Waals surface area contributed by atoms with Crippen LogP contribution in [0.3, 0.4) is 0 Å². The number of rotatable bonds is 4. The maximum atomic E-state index is 11.8. The van der Waals surface area contributed by atoms with Crippen molar-refractivity contribution in [2.75, 3.05) is 13.7 Å². The van der Waals surface area contributed by atoms with Crippen LogP contribution in [0.5, 0.6) is 5.75 Å². The number of hydrogen-bond acceptors (Lipinski definition) is 5. The van der Waals surface area contributed by atoms with Crippen LogP contribution in [0.4, 0.5) is 0 Å². The Balaban J connectivity index is 1.98. The number of piperidine rings is 1. The molecule has 6 nitrogen and oxygen atoms in total. The summed E-state index contributed by atoms with van der Waals surface area (Å²) in [5.74, 6) is 0.324. The highest BCUT2D eigenvalue weighted by Gasteiger charge is 2.27. The lowest BCUT2D eigenvalue weighted by molar-refractivity contribution is -0.124. The van der Waals surface area contributed by atoms with Gasteiger partial charge in [0, 0.05) is 24.1 Å². The van der Waals surface area contributed by atoms with E-state index in [9.17, 15) is 9.59 Å². The lowest BCUT2D eigenvalue weighted by Crippen LogP contribution is -2.47. The monoisotopic (exact) mass is 316 g/mol. The van der Waals surface area contributed by atoms with Gasteiger partial charge >= 0.3 is 5.63 Å². The molecular formula is C17H20N2O4. The first kappa shape index (κ1) is 15.6. The van der Waals surface area contributed by atoms with Gasteiger partial charge in [-0.15, -0.1) is 0 Å². The second-order valence-electron chi connectivity index (χ2n) is 5.84. The van der Waals surface area contributed by atoms with Gasteiger partial charge in [0.05, 0.1) is 13.2 Å². The highest BCUT2D eigenvalue weighted by Crippen LogP contribution is 2.25. The van der Waals surface area contributed by atoms with E-state index < -0.39 is 5.63 Å². The Labute approximate surface area is 133 Å². The zero-order chi connectivity index (χ0) is 16.4. The molecule has 0 bridgehead atoms. The molecule has 0 saturated carbocycles. The molecule has 0 radical (unpaired) electrons. The molecule has 1 saturated heterocycles. The van der Waals surface area contributed by atoms with Gasteiger partial charge < -0.3 is 14.9 Å². The number of carbonyl (C=O) groups is 1. The molecule has 1 aliphatic heterocycles. The Morgan fingerprint density at radius 2 is 2.22 bits per heavy atom. The van der Waals surface area contributed by atoms with E-state index in [1.54, 1.807) is 13.2 Å². The van der Waals surface area contributed by atoms with Gasteiger partial charge in [-0.2, -0.15) is 0 Å². The first-order valence-electron chi connectivity index (χ1n) is 7.72. The minimum atomic E-state index is -0.409. The van der Waals surface area contributed by atoms with Crippen molar-refractivity contribution in [3.05, 3.63) is 40.2 Å². The molecule has 1 fully saturated rings. The molecule has 1 atom stereocenters. The number of carbonyl (C=O) groups excluding carboxylic acids is 1. The van der Waals surface area contributed by atoms with E-state index in [0.717, 1.165) is 36.8 Å². The van der Waals surface area contributed by atoms with Gasteiger partial charge in [-0.1, -0.05) is 6.42 Å². The summed E-state index contributed by atoms with van der Waals surface area (Å²) < 4.78 is 10.4. The molecule has 0 aliphatic carbocycles. The number of amides is 1. The van der Waals surface area contributed by atoms with Crippen LogP contribution < -0.4 is 16.1 Å². The van der Waals surface area contributed by atoms with Gasteiger partial charge in [0.15, 0.2) is 0 Å². The maximum absolute atomic E-state index is 11.8. The summed E-state index contributed by atoms with van der Waals surface area (Å²) in [6.45, 7) is 1.30. The predicted octanol–water partition coefficient (Wildman–Crippen LogP) is 1.64. The van der Waals surface area contributed by atoms with Crippen LogP contribution >= 0.6 is 0 Å². The Bertz CT molecular complexity index is 784. The molecule has 0 spiro atoms. The summed E-state index contributed by atoms with van der Waals surface area (Å²) in [7, 11) is 1.56. The molecule has 2 aromatic rings. The lowest BCUT2D eigenvalue weighted by atomic mass is 10.00. The number of nitrogens with zero attached hydrogens (tertiary/aromatic N) is 1. The number of methoxy groups -OCH3 is 1. The SMILES string of the molecule is COc1ccc2c(CN3CCCC[C@@H]3C(N)=O)cc(=O)oc2c1. The van der Waals surface area contributed by atoms with Gasteiger partial charge in [-0.05, 0) is 37.1 Å². The van der Waals surface area contributed by atoms with E-state index in [-0.39, 0.29) is 11.9 Å². The van der Waals surface area contributed by atoms with Crippen molar-refractivity contribution in [3.63, 3.8) is 0 Å². The van der Waals surface area contributed by atoms with Crippen molar-refractivity contribution in [1.29, 1.82) is 0 Å². The van der Waals surface area contributed by atoms with Crippen LogP contribution in [0.2, 0.25) is 0 Å². The topological polar surface area (TPSA) is 85.8 Å². The zero-order valence-electron chi connectivity index (χ0n) is 13.1. The molecule has 0 unspecified atom stereocenters. The zero-order valence-corrected chi connectivity index (χ0v) is 13.1. The fraction of sp³-hybridized carbons (Fsp3) is 0.412. The fourth-order valence-electron chi connectivity index (χ4n) is 3.19. The number of nitrogens with two attached hydrogens (primary N) is 1. The van der Waals surface area contributed by atoms with Gasteiger partial charge in [0.1, 0.15) is 11.3 Å². The normalized spacial score (nSPS) is 18.9. The quantitative estimate of drug-likeness (QED) is 0.867. The standard InChI is InChI=1S/C17H20N2O4/c1-22-12-5-6-13-11(8-16(20)23-15(13)9-12)10-19-7-3-2-4-14(19)17(18)21/h5-6,8-9,14H,2-4,7,10H2,1H3,(H2,18,21)/t14-/m1/s1. The molecule has 3 rings (SSSR count). The van der Waals surface area contributed by atoms with E-state index in [2.05, 4.69) is 0 Å². The van der Waals surface area contributed by atoms with E-state index in [1.807, 2.05) is 17.0 Å². The summed E-state index contributed by atoms with van der Waals surface area (Å²) in [6.07, 6.45) is 2.79. The molecule has 6 heteroatoms. The van der Waals surface area contributed by atoms with Crippen LogP contribution in [0.25, 0.3) is 11.0 Å². The number of ether oxygens (including phenoxy) is 1. The largest absolute Gasteiger partial charge is 0.497 e. The number of primary amides is 1. The summed E-state index contributed by atoms with van der Waals surface area (Å²) in [5.41, 5.74) is 6.43. The molecular weight excluding hydrogens is 296 g/mol. The maximum Gasteiger partial charge on any atom is 0.336 e. The van der Waals surface area contributed by atoms with Crippen LogP contribution in [-0.2, 0) is 11.3 Å². The Morgan fingerprint density at radius 3 is 2.96 bits per heavy atom. The van der Waals surface area contributed by atoms with E-state index >= 15 is 0 Å². The third-order valence-electron chi connectivity index (χ3n) is 4.35. The average molecular weight is 316 g/mol. The molecule has 23 heavy (non-hydrogen) atoms.